The molecule has 16 heavy (non-hydrogen) atoms. The van der Waals surface area contributed by atoms with Crippen LogP contribution in [0.5, 0.6) is 0 Å². The molecule has 1 aromatic rings. The summed E-state index contributed by atoms with van der Waals surface area (Å²) < 4.78 is 25.9. The number of piperidine rings is 1. The third kappa shape index (κ3) is 1.17. The van der Waals surface area contributed by atoms with Crippen LogP contribution in [0.2, 0.25) is 0 Å². The van der Waals surface area contributed by atoms with Crippen molar-refractivity contribution >= 4 is 17.5 Å². The molecule has 0 aromatic heterocycles. The van der Waals surface area contributed by atoms with Crippen LogP contribution in [0.4, 0.5) is 14.5 Å². The Labute approximate surface area is 89.7 Å². The molecule has 1 saturated heterocycles. The number of benzene rings is 1. The summed E-state index contributed by atoms with van der Waals surface area (Å²) in [5.74, 6) is -2.81. The maximum Gasteiger partial charge on any atom is 0.237 e. The Morgan fingerprint density at radius 3 is 2.00 bits per heavy atom. The maximum atomic E-state index is 13.0. The molecule has 3 nitrogen and oxygen atoms in total. The van der Waals surface area contributed by atoms with Gasteiger partial charge in [0.1, 0.15) is 11.6 Å². The molecular weight excluding hydrogens is 216 g/mol. The Hall–Kier alpha value is -1.78. The van der Waals surface area contributed by atoms with Crippen molar-refractivity contribution in [1.82, 2.24) is 0 Å². The second-order valence-electron chi connectivity index (χ2n) is 4.09. The molecule has 5 heteroatoms. The largest absolute Gasteiger partial charge is 0.274 e. The number of fused-ring (bicyclic) bond motifs is 1. The number of carbonyl (C=O) groups excluding carboxylic acids is 2. The van der Waals surface area contributed by atoms with E-state index in [1.54, 1.807) is 0 Å². The zero-order valence-corrected chi connectivity index (χ0v) is 8.11. The number of nitrogens with zero attached hydrogens (tertiary/aromatic N) is 1. The zero-order valence-electron chi connectivity index (χ0n) is 8.11. The van der Waals surface area contributed by atoms with Crippen LogP contribution in [0.25, 0.3) is 0 Å². The summed E-state index contributed by atoms with van der Waals surface area (Å²) in [4.78, 5) is 24.2. The van der Waals surface area contributed by atoms with E-state index in [-0.39, 0.29) is 29.3 Å². The van der Waals surface area contributed by atoms with Crippen molar-refractivity contribution in [3.05, 3.63) is 29.8 Å². The standard InChI is InChI=1S/C11H7F2NO2/c12-5-1-6(13)3-7(2-5)14-10(15)8-4-9(8)11(14)16/h1-3,8-9H,4H2/t8-,9-/m0/s1. The van der Waals surface area contributed by atoms with Gasteiger partial charge in [-0.05, 0) is 18.6 Å². The molecule has 2 amide bonds. The monoisotopic (exact) mass is 223 g/mol. The van der Waals surface area contributed by atoms with Gasteiger partial charge in [-0.15, -0.1) is 0 Å². The van der Waals surface area contributed by atoms with Crippen LogP contribution in [0.15, 0.2) is 18.2 Å². The summed E-state index contributed by atoms with van der Waals surface area (Å²) in [7, 11) is 0. The molecule has 3 rings (SSSR count). The molecule has 2 fully saturated rings. The molecule has 0 unspecified atom stereocenters. The van der Waals surface area contributed by atoms with Crippen molar-refractivity contribution in [2.24, 2.45) is 11.8 Å². The van der Waals surface area contributed by atoms with E-state index in [1.807, 2.05) is 0 Å². The van der Waals surface area contributed by atoms with E-state index in [0.717, 1.165) is 17.0 Å². The fourth-order valence-corrected chi connectivity index (χ4v) is 2.10. The molecule has 2 aliphatic rings. The maximum absolute atomic E-state index is 13.0. The Bertz CT molecular complexity index is 474. The van der Waals surface area contributed by atoms with E-state index in [9.17, 15) is 18.4 Å². The van der Waals surface area contributed by atoms with E-state index >= 15 is 0 Å². The van der Waals surface area contributed by atoms with E-state index in [4.69, 9.17) is 0 Å². The second kappa shape index (κ2) is 2.87. The highest BCUT2D eigenvalue weighted by Gasteiger charge is 2.59. The van der Waals surface area contributed by atoms with Crippen LogP contribution in [-0.2, 0) is 9.59 Å². The third-order valence-electron chi connectivity index (χ3n) is 2.97. The van der Waals surface area contributed by atoms with Gasteiger partial charge in [-0.1, -0.05) is 0 Å². The quantitative estimate of drug-likeness (QED) is 0.676. The van der Waals surface area contributed by atoms with Crippen LogP contribution in [0.1, 0.15) is 6.42 Å². The molecule has 0 spiro atoms. The van der Waals surface area contributed by atoms with Crippen LogP contribution in [-0.4, -0.2) is 11.8 Å². The third-order valence-corrected chi connectivity index (χ3v) is 2.97. The lowest BCUT2D eigenvalue weighted by molar-refractivity contribution is -0.123. The van der Waals surface area contributed by atoms with Gasteiger partial charge >= 0.3 is 0 Å². The molecule has 1 aliphatic carbocycles. The van der Waals surface area contributed by atoms with Gasteiger partial charge in [-0.3, -0.25) is 9.59 Å². The first-order valence-electron chi connectivity index (χ1n) is 4.92. The first kappa shape index (κ1) is 9.45. The summed E-state index contributed by atoms with van der Waals surface area (Å²) in [6, 6.07) is 2.68. The molecule has 0 radical (unpaired) electrons. The van der Waals surface area contributed by atoms with Crippen molar-refractivity contribution in [1.29, 1.82) is 0 Å². The highest BCUT2D eigenvalue weighted by Crippen LogP contribution is 2.48. The summed E-state index contributed by atoms with van der Waals surface area (Å²) in [6.07, 6.45) is 0.575. The van der Waals surface area contributed by atoms with Crippen LogP contribution in [0.3, 0.4) is 0 Å². The minimum absolute atomic E-state index is 0.0142. The molecule has 1 aliphatic heterocycles. The van der Waals surface area contributed by atoms with Gasteiger partial charge in [0, 0.05) is 6.07 Å². The Kier molecular flexibility index (Phi) is 1.70. The molecule has 2 atom stereocenters. The van der Waals surface area contributed by atoms with Gasteiger partial charge in [0.2, 0.25) is 11.8 Å². The molecule has 1 aromatic carbocycles. The number of hydrogen-bond donors (Lipinski definition) is 0. The van der Waals surface area contributed by atoms with Crippen LogP contribution >= 0.6 is 0 Å². The van der Waals surface area contributed by atoms with Gasteiger partial charge in [0.15, 0.2) is 0 Å². The van der Waals surface area contributed by atoms with Gasteiger partial charge in [-0.25, -0.2) is 13.7 Å². The zero-order chi connectivity index (χ0) is 11.4. The van der Waals surface area contributed by atoms with Crippen LogP contribution in [0, 0.1) is 23.5 Å². The summed E-state index contributed by atoms with van der Waals surface area (Å²) >= 11 is 0. The number of amides is 2. The summed E-state index contributed by atoms with van der Waals surface area (Å²) in [6.45, 7) is 0. The SMILES string of the molecule is O=C1[C@H]2C[C@@H]2C(=O)N1c1cc(F)cc(F)c1. The topological polar surface area (TPSA) is 37.4 Å². The van der Waals surface area contributed by atoms with Gasteiger partial charge in [-0.2, -0.15) is 0 Å². The molecule has 0 N–H and O–H groups in total. The van der Waals surface area contributed by atoms with Gasteiger partial charge in [0.05, 0.1) is 17.5 Å². The van der Waals surface area contributed by atoms with E-state index in [1.165, 1.54) is 0 Å². The minimum Gasteiger partial charge on any atom is -0.274 e. The van der Waals surface area contributed by atoms with Crippen molar-refractivity contribution in [2.75, 3.05) is 4.90 Å². The smallest absolute Gasteiger partial charge is 0.237 e. The van der Waals surface area contributed by atoms with Crippen LogP contribution < -0.4 is 4.90 Å². The lowest BCUT2D eigenvalue weighted by Gasteiger charge is -2.16. The number of rotatable bonds is 1. The van der Waals surface area contributed by atoms with Crippen molar-refractivity contribution in [3.8, 4) is 0 Å². The Morgan fingerprint density at radius 2 is 1.50 bits per heavy atom. The number of halogens is 2. The van der Waals surface area contributed by atoms with Crippen molar-refractivity contribution in [2.45, 2.75) is 6.42 Å². The van der Waals surface area contributed by atoms with Crippen molar-refractivity contribution in [3.63, 3.8) is 0 Å². The number of anilines is 1. The fourth-order valence-electron chi connectivity index (χ4n) is 2.10. The second-order valence-corrected chi connectivity index (χ2v) is 4.09. The molecule has 0 bridgehead atoms. The lowest BCUT2D eigenvalue weighted by atomic mass is 10.2. The molecule has 82 valence electrons. The minimum atomic E-state index is -0.795. The number of hydrogen-bond acceptors (Lipinski definition) is 2. The highest BCUT2D eigenvalue weighted by molar-refractivity contribution is 6.24. The number of imide groups is 1. The first-order chi connectivity index (χ1) is 7.58. The number of carbonyl (C=O) groups is 2. The predicted molar refractivity (Wildman–Crippen MR) is 50.4 cm³/mol. The van der Waals surface area contributed by atoms with Crippen molar-refractivity contribution < 1.29 is 18.4 Å². The average molecular weight is 223 g/mol. The van der Waals surface area contributed by atoms with Gasteiger partial charge in [0.25, 0.3) is 0 Å². The Morgan fingerprint density at radius 1 is 1.00 bits per heavy atom. The molecular formula is C11H7F2NO2. The van der Waals surface area contributed by atoms with E-state index in [0.29, 0.717) is 12.5 Å². The highest BCUT2D eigenvalue weighted by atomic mass is 19.1. The molecule has 1 heterocycles. The van der Waals surface area contributed by atoms with E-state index < -0.39 is 11.6 Å². The summed E-state index contributed by atoms with van der Waals surface area (Å²) in [5.41, 5.74) is -0.0142. The molecule has 1 saturated carbocycles. The normalized spacial score (nSPS) is 27.2. The fraction of sp³-hybridized carbons (Fsp3) is 0.273. The Balaban J connectivity index is 2.04. The first-order valence-corrected chi connectivity index (χ1v) is 4.92. The van der Waals surface area contributed by atoms with Gasteiger partial charge < -0.3 is 0 Å². The lowest BCUT2D eigenvalue weighted by Crippen LogP contribution is -2.32. The average Bonchev–Trinajstić information content (AvgIpc) is 2.90. The van der Waals surface area contributed by atoms with E-state index in [2.05, 4.69) is 0 Å². The summed E-state index contributed by atoms with van der Waals surface area (Å²) in [5, 5.41) is 0. The predicted octanol–water partition coefficient (Wildman–Crippen LogP) is 1.47.